The van der Waals surface area contributed by atoms with Crippen LogP contribution in [0, 0.1) is 5.92 Å². The van der Waals surface area contributed by atoms with E-state index in [1.807, 2.05) is 36.9 Å². The Morgan fingerprint density at radius 2 is 1.59 bits per heavy atom. The number of pyridine rings is 1. The van der Waals surface area contributed by atoms with Crippen LogP contribution in [0.2, 0.25) is 0 Å². The van der Waals surface area contributed by atoms with Crippen molar-refractivity contribution in [2.75, 3.05) is 48.3 Å². The number of hydrogen-bond donors (Lipinski definition) is 3. The lowest BCUT2D eigenvalue weighted by Gasteiger charge is -2.35. The first-order chi connectivity index (χ1) is 15.4. The number of benzene rings is 1. The normalized spacial score (nSPS) is 13.6. The highest BCUT2D eigenvalue weighted by atomic mass is 16.2. The molecule has 9 heteroatoms. The van der Waals surface area contributed by atoms with Gasteiger partial charge in [-0.1, -0.05) is 19.9 Å². The van der Waals surface area contributed by atoms with E-state index in [4.69, 9.17) is 0 Å². The van der Waals surface area contributed by atoms with Crippen molar-refractivity contribution in [1.29, 1.82) is 0 Å². The first-order valence-electron chi connectivity index (χ1n) is 10.8. The Bertz CT molecular complexity index is 909. The number of urea groups is 1. The maximum absolute atomic E-state index is 12.4. The van der Waals surface area contributed by atoms with Crippen molar-refractivity contribution >= 4 is 35.0 Å². The molecule has 1 aromatic carbocycles. The van der Waals surface area contributed by atoms with E-state index in [1.54, 1.807) is 30.5 Å². The fourth-order valence-electron chi connectivity index (χ4n) is 3.27. The standard InChI is InChI=1S/C23H30N6O3/c1-17(2)22(31)26-18-6-8-19(9-7-18)27-23(32)25-12-10-21(30)29-15-13-28(14-16-29)20-5-3-4-11-24-20/h3-9,11,17H,10,12-16H2,1-2H3,(H,26,31)(H2,25,27,32). The highest BCUT2D eigenvalue weighted by Gasteiger charge is 2.21. The molecule has 170 valence electrons. The second kappa shape index (κ2) is 11.1. The van der Waals surface area contributed by atoms with Crippen LogP contribution in [0.15, 0.2) is 48.7 Å². The summed E-state index contributed by atoms with van der Waals surface area (Å²) in [5.41, 5.74) is 1.27. The number of amides is 4. The van der Waals surface area contributed by atoms with Gasteiger partial charge in [-0.05, 0) is 36.4 Å². The molecule has 4 amide bonds. The summed E-state index contributed by atoms with van der Waals surface area (Å²) in [6.07, 6.45) is 2.01. The second-order valence-corrected chi connectivity index (χ2v) is 7.91. The molecule has 1 aliphatic rings. The molecule has 9 nitrogen and oxygen atoms in total. The average Bonchev–Trinajstić information content (AvgIpc) is 2.81. The van der Waals surface area contributed by atoms with Crippen molar-refractivity contribution in [3.8, 4) is 0 Å². The predicted molar refractivity (Wildman–Crippen MR) is 125 cm³/mol. The van der Waals surface area contributed by atoms with Crippen molar-refractivity contribution < 1.29 is 14.4 Å². The molecule has 3 rings (SSSR count). The van der Waals surface area contributed by atoms with Crippen LogP contribution >= 0.6 is 0 Å². The van der Waals surface area contributed by atoms with Crippen LogP contribution in [0.5, 0.6) is 0 Å². The van der Waals surface area contributed by atoms with Crippen LogP contribution in [-0.2, 0) is 9.59 Å². The summed E-state index contributed by atoms with van der Waals surface area (Å²) < 4.78 is 0. The Balaban J connectivity index is 1.35. The summed E-state index contributed by atoms with van der Waals surface area (Å²) in [5, 5.41) is 8.23. The summed E-state index contributed by atoms with van der Waals surface area (Å²) in [4.78, 5) is 44.6. The summed E-state index contributed by atoms with van der Waals surface area (Å²) in [7, 11) is 0. The Labute approximate surface area is 188 Å². The van der Waals surface area contributed by atoms with Gasteiger partial charge in [-0.25, -0.2) is 9.78 Å². The summed E-state index contributed by atoms with van der Waals surface area (Å²) in [6, 6.07) is 12.3. The number of hydrogen-bond acceptors (Lipinski definition) is 5. The summed E-state index contributed by atoms with van der Waals surface area (Å²) >= 11 is 0. The van der Waals surface area contributed by atoms with Crippen molar-refractivity contribution in [3.05, 3.63) is 48.7 Å². The fraction of sp³-hybridized carbons (Fsp3) is 0.391. The monoisotopic (exact) mass is 438 g/mol. The number of carbonyl (C=O) groups excluding carboxylic acids is 3. The number of rotatable bonds is 7. The Morgan fingerprint density at radius 1 is 0.938 bits per heavy atom. The highest BCUT2D eigenvalue weighted by Crippen LogP contribution is 2.15. The Hall–Kier alpha value is -3.62. The quantitative estimate of drug-likeness (QED) is 0.616. The molecule has 1 aromatic heterocycles. The van der Waals surface area contributed by atoms with Gasteiger partial charge in [0.1, 0.15) is 5.82 Å². The third-order valence-electron chi connectivity index (χ3n) is 5.16. The molecule has 1 saturated heterocycles. The fourth-order valence-corrected chi connectivity index (χ4v) is 3.27. The van der Waals surface area contributed by atoms with E-state index in [0.717, 1.165) is 18.9 Å². The van der Waals surface area contributed by atoms with Crippen LogP contribution in [-0.4, -0.2) is 60.5 Å². The number of carbonyl (C=O) groups is 3. The minimum atomic E-state index is -0.378. The van der Waals surface area contributed by atoms with Crippen molar-refractivity contribution in [2.24, 2.45) is 5.92 Å². The molecule has 0 atom stereocenters. The van der Waals surface area contributed by atoms with Gasteiger partial charge in [0.05, 0.1) is 0 Å². The van der Waals surface area contributed by atoms with Crippen LogP contribution < -0.4 is 20.9 Å². The van der Waals surface area contributed by atoms with E-state index < -0.39 is 0 Å². The zero-order chi connectivity index (χ0) is 22.9. The molecule has 0 radical (unpaired) electrons. The van der Waals surface area contributed by atoms with Gasteiger partial charge in [-0.2, -0.15) is 0 Å². The van der Waals surface area contributed by atoms with Gasteiger partial charge in [0.15, 0.2) is 0 Å². The molecule has 0 spiro atoms. The van der Waals surface area contributed by atoms with Crippen molar-refractivity contribution in [3.63, 3.8) is 0 Å². The van der Waals surface area contributed by atoms with E-state index in [2.05, 4.69) is 25.8 Å². The van der Waals surface area contributed by atoms with E-state index in [1.165, 1.54) is 0 Å². The lowest BCUT2D eigenvalue weighted by Crippen LogP contribution is -2.49. The largest absolute Gasteiger partial charge is 0.353 e. The number of nitrogens with one attached hydrogen (secondary N) is 3. The summed E-state index contributed by atoms with van der Waals surface area (Å²) in [5.74, 6) is 0.779. The van der Waals surface area contributed by atoms with Crippen LogP contribution in [0.25, 0.3) is 0 Å². The Morgan fingerprint density at radius 3 is 2.19 bits per heavy atom. The zero-order valence-electron chi connectivity index (χ0n) is 18.5. The number of piperazine rings is 1. The van der Waals surface area contributed by atoms with Gasteiger partial charge in [0.25, 0.3) is 0 Å². The molecule has 2 aromatic rings. The van der Waals surface area contributed by atoms with E-state index in [0.29, 0.717) is 24.5 Å². The zero-order valence-corrected chi connectivity index (χ0v) is 18.5. The minimum absolute atomic E-state index is 0.0243. The topological polar surface area (TPSA) is 107 Å². The van der Waals surface area contributed by atoms with E-state index in [-0.39, 0.29) is 36.7 Å². The van der Waals surface area contributed by atoms with Gasteiger partial charge in [0, 0.05) is 62.6 Å². The smallest absolute Gasteiger partial charge is 0.319 e. The molecule has 2 heterocycles. The lowest BCUT2D eigenvalue weighted by atomic mass is 10.2. The molecule has 0 unspecified atom stereocenters. The van der Waals surface area contributed by atoms with Crippen LogP contribution in [0.1, 0.15) is 20.3 Å². The first kappa shape index (κ1) is 23.1. The molecule has 1 aliphatic heterocycles. The molecule has 1 fully saturated rings. The average molecular weight is 439 g/mol. The number of anilines is 3. The minimum Gasteiger partial charge on any atom is -0.353 e. The molecule has 0 aliphatic carbocycles. The third-order valence-corrected chi connectivity index (χ3v) is 5.16. The van der Waals surface area contributed by atoms with Crippen molar-refractivity contribution in [1.82, 2.24) is 15.2 Å². The van der Waals surface area contributed by atoms with Gasteiger partial charge in [0.2, 0.25) is 11.8 Å². The van der Waals surface area contributed by atoms with Gasteiger partial charge < -0.3 is 25.8 Å². The SMILES string of the molecule is CC(C)C(=O)Nc1ccc(NC(=O)NCCC(=O)N2CCN(c3ccccn3)CC2)cc1. The molecular formula is C23H30N6O3. The Kier molecular flexibility index (Phi) is 8.02. The molecular weight excluding hydrogens is 408 g/mol. The lowest BCUT2D eigenvalue weighted by molar-refractivity contribution is -0.131. The van der Waals surface area contributed by atoms with Crippen molar-refractivity contribution in [2.45, 2.75) is 20.3 Å². The molecule has 0 saturated carbocycles. The highest BCUT2D eigenvalue weighted by molar-refractivity contribution is 5.93. The number of aromatic nitrogens is 1. The van der Waals surface area contributed by atoms with Gasteiger partial charge in [-0.15, -0.1) is 0 Å². The first-order valence-corrected chi connectivity index (χ1v) is 10.8. The van der Waals surface area contributed by atoms with Crippen LogP contribution in [0.3, 0.4) is 0 Å². The van der Waals surface area contributed by atoms with E-state index >= 15 is 0 Å². The summed E-state index contributed by atoms with van der Waals surface area (Å²) in [6.45, 7) is 6.66. The van der Waals surface area contributed by atoms with Gasteiger partial charge >= 0.3 is 6.03 Å². The van der Waals surface area contributed by atoms with E-state index in [9.17, 15) is 14.4 Å². The van der Waals surface area contributed by atoms with Crippen LogP contribution in [0.4, 0.5) is 22.0 Å². The molecule has 0 bridgehead atoms. The number of nitrogens with zero attached hydrogens (tertiary/aromatic N) is 3. The maximum atomic E-state index is 12.4. The second-order valence-electron chi connectivity index (χ2n) is 7.91. The molecule has 32 heavy (non-hydrogen) atoms. The third kappa shape index (κ3) is 6.69. The maximum Gasteiger partial charge on any atom is 0.319 e. The predicted octanol–water partition coefficient (Wildman–Crippen LogP) is 2.54. The van der Waals surface area contributed by atoms with Gasteiger partial charge in [-0.3, -0.25) is 9.59 Å². The molecule has 3 N–H and O–H groups in total.